The number of fused-ring (bicyclic) bond motifs is 1. The van der Waals surface area contributed by atoms with E-state index in [0.717, 1.165) is 5.57 Å². The van der Waals surface area contributed by atoms with Crippen molar-refractivity contribution in [3.63, 3.8) is 0 Å². The Labute approximate surface area is 145 Å². The second-order valence-corrected chi connectivity index (χ2v) is 4.79. The van der Waals surface area contributed by atoms with E-state index in [2.05, 4.69) is 0 Å². The zero-order chi connectivity index (χ0) is 15.4. The summed E-state index contributed by atoms with van der Waals surface area (Å²) in [7, 11) is 0. The van der Waals surface area contributed by atoms with E-state index in [-0.39, 0.29) is 28.6 Å². The Morgan fingerprint density at radius 3 is 2.35 bits per heavy atom. The van der Waals surface area contributed by atoms with Crippen molar-refractivity contribution < 1.29 is 32.0 Å². The van der Waals surface area contributed by atoms with E-state index in [1.165, 1.54) is 18.2 Å². The maximum Gasteiger partial charge on any atom is 2.00 e. The van der Waals surface area contributed by atoms with Crippen LogP contribution >= 0.6 is 0 Å². The summed E-state index contributed by atoms with van der Waals surface area (Å²) < 4.78 is 5.61. The predicted octanol–water partition coefficient (Wildman–Crippen LogP) is 3.27. The van der Waals surface area contributed by atoms with Gasteiger partial charge in [0.05, 0.1) is 0 Å². The molecule has 1 aliphatic heterocycles. The van der Waals surface area contributed by atoms with Crippen molar-refractivity contribution in [3.05, 3.63) is 95.8 Å². The number of benzene rings is 1. The van der Waals surface area contributed by atoms with Gasteiger partial charge in [0.2, 0.25) is 0 Å². The summed E-state index contributed by atoms with van der Waals surface area (Å²) >= 11 is 0. The first-order valence-electron chi connectivity index (χ1n) is 6.90. The molecule has 0 bridgehead atoms. The summed E-state index contributed by atoms with van der Waals surface area (Å²) in [5.74, 6) is 0.884. The van der Waals surface area contributed by atoms with Crippen LogP contribution in [0.2, 0.25) is 0 Å². The van der Waals surface area contributed by atoms with Crippen LogP contribution in [0.25, 0.3) is 5.76 Å². The molecular weight excluding hydrogens is 332 g/mol. The Morgan fingerprint density at radius 1 is 1.04 bits per heavy atom. The molecule has 0 aromatic heterocycles. The first-order chi connectivity index (χ1) is 10.7. The van der Waals surface area contributed by atoms with E-state index in [0.29, 0.717) is 17.1 Å². The zero-order valence-electron chi connectivity index (χ0n) is 12.1. The van der Waals surface area contributed by atoms with Crippen LogP contribution in [0.1, 0.15) is 5.56 Å². The molecule has 0 saturated carbocycles. The molecule has 0 radical (unpaired) electrons. The molecule has 23 heavy (non-hydrogen) atoms. The van der Waals surface area contributed by atoms with E-state index in [4.69, 9.17) is 4.74 Å². The third kappa shape index (κ3) is 4.01. The van der Waals surface area contributed by atoms with Crippen molar-refractivity contribution in [1.82, 2.24) is 0 Å². The van der Waals surface area contributed by atoms with Crippen LogP contribution in [0.5, 0.6) is 11.5 Å². The van der Waals surface area contributed by atoms with E-state index in [1.54, 1.807) is 6.07 Å². The second-order valence-electron chi connectivity index (χ2n) is 4.79. The fourth-order valence-corrected chi connectivity index (χ4v) is 2.15. The van der Waals surface area contributed by atoms with Gasteiger partial charge in [-0.2, -0.15) is 18.2 Å². The second kappa shape index (κ2) is 7.63. The molecule has 0 unspecified atom stereocenters. The molecule has 2 aromatic carbocycles. The number of hydrogen-bond acceptors (Lipinski definition) is 3. The van der Waals surface area contributed by atoms with Gasteiger partial charge in [0.15, 0.2) is 0 Å². The van der Waals surface area contributed by atoms with Gasteiger partial charge in [-0.1, -0.05) is 30.1 Å². The monoisotopic (exact) mass is 346 g/mol. The fraction of sp³-hybridized carbons (Fsp3) is 0. The molecule has 1 N–H and O–H groups in total. The number of allylic oxidation sites excluding steroid dienone is 6. The Bertz CT molecular complexity index is 750. The molecule has 1 aliphatic carbocycles. The van der Waals surface area contributed by atoms with Gasteiger partial charge in [-0.15, -0.1) is 0 Å². The molecule has 2 aliphatic rings. The predicted molar refractivity (Wildman–Crippen MR) is 84.1 cm³/mol. The van der Waals surface area contributed by atoms with Gasteiger partial charge in [0, 0.05) is 17.2 Å². The van der Waals surface area contributed by atoms with Crippen molar-refractivity contribution >= 4 is 5.76 Å². The molecule has 4 heteroatoms. The minimum absolute atomic E-state index is 0. The van der Waals surface area contributed by atoms with E-state index < -0.39 is 0 Å². The van der Waals surface area contributed by atoms with Crippen molar-refractivity contribution in [2.24, 2.45) is 0 Å². The average molecular weight is 346 g/mol. The number of aromatic hydroxyl groups is 1. The first kappa shape index (κ1) is 16.8. The van der Waals surface area contributed by atoms with Crippen LogP contribution in [-0.2, 0) is 17.1 Å². The minimum atomic E-state index is -0.109. The molecule has 1 heterocycles. The van der Waals surface area contributed by atoms with Gasteiger partial charge in [-0.25, -0.2) is 12.1 Å². The van der Waals surface area contributed by atoms with Crippen LogP contribution in [0.4, 0.5) is 0 Å². The standard InChI is InChI=1S/C14H10O3.C5H5.Fe/c15-10-5-6-11-12(16)8-13(17-14(11)7-10)9-3-1-2-4-9;1-2-4-5-3-1;/h1-8,15-16H;1-5H;/q;-1;+2/p-1. The van der Waals surface area contributed by atoms with Crippen LogP contribution in [0, 0.1) is 0 Å². The molecule has 0 amide bonds. The topological polar surface area (TPSA) is 52.5 Å². The molecule has 2 aromatic rings. The van der Waals surface area contributed by atoms with Crippen LogP contribution < -0.4 is 9.84 Å². The fourth-order valence-electron chi connectivity index (χ4n) is 2.15. The molecule has 0 saturated heterocycles. The third-order valence-corrected chi connectivity index (χ3v) is 3.22. The van der Waals surface area contributed by atoms with E-state index in [9.17, 15) is 10.2 Å². The van der Waals surface area contributed by atoms with Gasteiger partial charge in [-0.05, 0) is 18.2 Å². The van der Waals surface area contributed by atoms with Crippen molar-refractivity contribution in [2.45, 2.75) is 0 Å². The molecule has 0 fully saturated rings. The number of phenolic OH excluding ortho intramolecular Hbond substituents is 1. The smallest absolute Gasteiger partial charge is 0.872 e. The molecule has 0 atom stereocenters. The number of phenols is 1. The normalized spacial score (nSPS) is 14.2. The third-order valence-electron chi connectivity index (χ3n) is 3.22. The Hall–Kier alpha value is -2.55. The molecule has 116 valence electrons. The van der Waals surface area contributed by atoms with Crippen molar-refractivity contribution in [3.8, 4) is 11.5 Å². The minimum Gasteiger partial charge on any atom is -0.872 e. The Kier molecular flexibility index (Phi) is 5.58. The summed E-state index contributed by atoms with van der Waals surface area (Å²) in [5.41, 5.74) is 1.32. The summed E-state index contributed by atoms with van der Waals surface area (Å²) in [6.45, 7) is 0. The Balaban J connectivity index is 0.000000276. The summed E-state index contributed by atoms with van der Waals surface area (Å²) in [5, 5.41) is 21.2. The maximum atomic E-state index is 11.9. The summed E-state index contributed by atoms with van der Waals surface area (Å²) in [4.78, 5) is 0. The molecule has 4 rings (SSSR count). The molecular formula is C19H14FeO3. The number of rotatable bonds is 0. The number of hydrogen-bond donors (Lipinski definition) is 1. The number of ether oxygens (including phenoxy) is 1. The summed E-state index contributed by atoms with van der Waals surface area (Å²) in [6.07, 6.45) is 8.96. The van der Waals surface area contributed by atoms with Crippen molar-refractivity contribution in [1.29, 1.82) is 0 Å². The quantitative estimate of drug-likeness (QED) is 0.588. The largest absolute Gasteiger partial charge is 2.00 e. The molecule has 3 nitrogen and oxygen atoms in total. The molecule has 0 spiro atoms. The van der Waals surface area contributed by atoms with E-state index in [1.807, 2.05) is 54.6 Å². The van der Waals surface area contributed by atoms with E-state index >= 15 is 0 Å². The summed E-state index contributed by atoms with van der Waals surface area (Å²) in [6, 6.07) is 14.5. The van der Waals surface area contributed by atoms with Gasteiger partial charge in [-0.3, -0.25) is 0 Å². The zero-order valence-corrected chi connectivity index (χ0v) is 13.2. The SMILES string of the molecule is [Fe+2].[O-]C1=CC(=C2C=CC=C2)Oc2cc(O)ccc21.c1cc[cH-]c1. The van der Waals surface area contributed by atoms with Gasteiger partial charge in [0.25, 0.3) is 0 Å². The van der Waals surface area contributed by atoms with Crippen LogP contribution in [0.3, 0.4) is 0 Å². The van der Waals surface area contributed by atoms with Crippen LogP contribution in [0.15, 0.2) is 90.2 Å². The van der Waals surface area contributed by atoms with Crippen LogP contribution in [-0.4, -0.2) is 5.11 Å². The first-order valence-corrected chi connectivity index (χ1v) is 6.90. The van der Waals surface area contributed by atoms with Gasteiger partial charge < -0.3 is 14.9 Å². The maximum absolute atomic E-state index is 11.9. The van der Waals surface area contributed by atoms with Gasteiger partial charge in [0.1, 0.15) is 17.3 Å². The van der Waals surface area contributed by atoms with Gasteiger partial charge >= 0.3 is 17.1 Å². The average Bonchev–Trinajstić information content (AvgIpc) is 3.23. The Morgan fingerprint density at radius 2 is 1.74 bits per heavy atom. The van der Waals surface area contributed by atoms with Crippen molar-refractivity contribution in [2.75, 3.05) is 0 Å².